The Kier molecular flexibility index (Phi) is 4.64. The summed E-state index contributed by atoms with van der Waals surface area (Å²) in [5.41, 5.74) is 5.84. The van der Waals surface area contributed by atoms with Crippen LogP contribution in [-0.4, -0.2) is 40.6 Å². The molecule has 1 aliphatic carbocycles. The number of amides is 4. The van der Waals surface area contributed by atoms with Gasteiger partial charge in [0.25, 0.3) is 0 Å². The zero-order valence-corrected chi connectivity index (χ0v) is 18.0. The zero-order valence-electron chi connectivity index (χ0n) is 17.2. The highest BCUT2D eigenvalue weighted by Gasteiger charge is 2.71. The van der Waals surface area contributed by atoms with Crippen molar-refractivity contribution in [1.82, 2.24) is 10.2 Å². The Labute approximate surface area is 184 Å². The number of hydrogen-bond acceptors (Lipinski definition) is 5. The second-order valence-electron chi connectivity index (χ2n) is 9.19. The largest absolute Gasteiger partial charge is 0.370 e. The lowest BCUT2D eigenvalue weighted by atomic mass is 9.76. The third-order valence-electron chi connectivity index (χ3n) is 7.32. The number of likely N-dealkylation sites (tertiary alicyclic amines) is 1. The van der Waals surface area contributed by atoms with Gasteiger partial charge in [-0.3, -0.25) is 29.4 Å². The summed E-state index contributed by atoms with van der Waals surface area (Å²) >= 11 is 6.40. The molecule has 8 nitrogen and oxygen atoms in total. The van der Waals surface area contributed by atoms with Crippen LogP contribution in [0.3, 0.4) is 0 Å². The Hall–Kier alpha value is -2.45. The molecular weight excluding hydrogens is 420 g/mol. The summed E-state index contributed by atoms with van der Waals surface area (Å²) < 4.78 is 0. The van der Waals surface area contributed by atoms with Crippen LogP contribution in [0, 0.1) is 18.8 Å². The predicted molar refractivity (Wildman–Crippen MR) is 113 cm³/mol. The monoisotopic (exact) mass is 444 g/mol. The molecule has 0 bridgehead atoms. The molecule has 2 saturated heterocycles. The fraction of sp³-hybridized carbons (Fsp3) is 0.545. The first-order valence-electron chi connectivity index (χ1n) is 10.8. The van der Waals surface area contributed by atoms with Gasteiger partial charge in [-0.25, -0.2) is 0 Å². The maximum Gasteiger partial charge on any atom is 0.250 e. The van der Waals surface area contributed by atoms with Crippen molar-refractivity contribution in [2.75, 3.05) is 5.32 Å². The van der Waals surface area contributed by atoms with E-state index in [0.29, 0.717) is 16.3 Å². The minimum Gasteiger partial charge on any atom is -0.370 e. The first-order chi connectivity index (χ1) is 14.8. The molecule has 3 heterocycles. The quantitative estimate of drug-likeness (QED) is 0.611. The van der Waals surface area contributed by atoms with Crippen LogP contribution in [0.1, 0.15) is 49.7 Å². The molecule has 1 aromatic rings. The van der Waals surface area contributed by atoms with E-state index in [0.717, 1.165) is 37.7 Å². The van der Waals surface area contributed by atoms with E-state index in [1.54, 1.807) is 6.07 Å². The van der Waals surface area contributed by atoms with E-state index in [1.165, 1.54) is 4.90 Å². The van der Waals surface area contributed by atoms with Gasteiger partial charge in [-0.05, 0) is 31.4 Å². The highest BCUT2D eigenvalue weighted by molar-refractivity contribution is 6.35. The fourth-order valence-corrected chi connectivity index (χ4v) is 6.43. The number of imide groups is 1. The lowest BCUT2D eigenvalue weighted by Gasteiger charge is -2.33. The normalized spacial score (nSPS) is 32.5. The molecule has 5 rings (SSSR count). The Morgan fingerprint density at radius 3 is 2.58 bits per heavy atom. The van der Waals surface area contributed by atoms with Gasteiger partial charge in [0, 0.05) is 24.1 Å². The third-order valence-corrected chi connectivity index (χ3v) is 7.61. The van der Waals surface area contributed by atoms with Gasteiger partial charge < -0.3 is 11.1 Å². The number of carbonyl (C=O) groups excluding carboxylic acids is 4. The van der Waals surface area contributed by atoms with Crippen LogP contribution in [-0.2, 0) is 24.7 Å². The van der Waals surface area contributed by atoms with Gasteiger partial charge in [0.2, 0.25) is 23.6 Å². The van der Waals surface area contributed by atoms with Crippen LogP contribution in [0.2, 0.25) is 5.02 Å². The van der Waals surface area contributed by atoms with E-state index in [9.17, 15) is 19.2 Å². The first kappa shape index (κ1) is 20.5. The average molecular weight is 445 g/mol. The zero-order chi connectivity index (χ0) is 22.1. The summed E-state index contributed by atoms with van der Waals surface area (Å²) in [6.45, 7) is 1.85. The third kappa shape index (κ3) is 2.77. The average Bonchev–Trinajstić information content (AvgIpc) is 3.28. The second kappa shape index (κ2) is 7.03. The van der Waals surface area contributed by atoms with Crippen molar-refractivity contribution in [2.24, 2.45) is 17.6 Å². The minimum atomic E-state index is -1.45. The highest BCUT2D eigenvalue weighted by Crippen LogP contribution is 2.55. The molecule has 1 spiro atoms. The van der Waals surface area contributed by atoms with Crippen molar-refractivity contribution in [1.29, 1.82) is 0 Å². The number of nitrogens with one attached hydrogen (secondary N) is 2. The second-order valence-corrected chi connectivity index (χ2v) is 9.60. The Morgan fingerprint density at radius 1 is 1.19 bits per heavy atom. The summed E-state index contributed by atoms with van der Waals surface area (Å²) in [6, 6.07) is 2.69. The van der Waals surface area contributed by atoms with Crippen molar-refractivity contribution >= 4 is 40.9 Å². The first-order valence-corrected chi connectivity index (χ1v) is 11.2. The number of primary amides is 1. The van der Waals surface area contributed by atoms with Gasteiger partial charge in [0.15, 0.2) is 0 Å². The number of aryl methyl sites for hydroxylation is 1. The van der Waals surface area contributed by atoms with E-state index in [1.807, 2.05) is 13.0 Å². The van der Waals surface area contributed by atoms with E-state index >= 15 is 0 Å². The maximum atomic E-state index is 13.8. The molecule has 9 heteroatoms. The van der Waals surface area contributed by atoms with Crippen LogP contribution in [0.4, 0.5) is 5.69 Å². The van der Waals surface area contributed by atoms with Crippen molar-refractivity contribution in [3.63, 3.8) is 0 Å². The van der Waals surface area contributed by atoms with Gasteiger partial charge >= 0.3 is 0 Å². The molecule has 0 radical (unpaired) electrons. The number of benzene rings is 1. The lowest BCUT2D eigenvalue weighted by Crippen LogP contribution is -2.54. The highest BCUT2D eigenvalue weighted by atomic mass is 35.5. The van der Waals surface area contributed by atoms with Crippen LogP contribution in [0.25, 0.3) is 0 Å². The smallest absolute Gasteiger partial charge is 0.250 e. The van der Waals surface area contributed by atoms with Crippen molar-refractivity contribution in [3.05, 3.63) is 28.3 Å². The number of rotatable bonds is 3. The molecule has 4 N–H and O–H groups in total. The molecule has 3 aliphatic heterocycles. The Morgan fingerprint density at radius 2 is 1.90 bits per heavy atom. The molecule has 31 heavy (non-hydrogen) atoms. The topological polar surface area (TPSA) is 122 Å². The number of anilines is 1. The van der Waals surface area contributed by atoms with Crippen LogP contribution in [0.5, 0.6) is 0 Å². The van der Waals surface area contributed by atoms with Crippen LogP contribution < -0.4 is 16.4 Å². The molecular formula is C22H25ClN4O4. The molecule has 4 atom stereocenters. The number of hydrogen-bond donors (Lipinski definition) is 3. The summed E-state index contributed by atoms with van der Waals surface area (Å²) in [5.74, 6) is -3.43. The summed E-state index contributed by atoms with van der Waals surface area (Å²) in [7, 11) is 0. The van der Waals surface area contributed by atoms with Crippen molar-refractivity contribution in [2.45, 2.75) is 63.1 Å². The van der Waals surface area contributed by atoms with Gasteiger partial charge in [-0.1, -0.05) is 36.9 Å². The van der Waals surface area contributed by atoms with Crippen LogP contribution in [0.15, 0.2) is 12.1 Å². The standard InChI is InChI=1S/C22H25ClN4O4/c1-10-7-12-18(13(23)8-10)25-21(31)22(12)17-16(14(26-22)9-15(24)28)19(29)27(20(17)30)11-5-3-2-4-6-11/h7-8,11,14,16-17,26H,2-6,9H2,1H3,(H2,24,28)(H,25,31)/t14-,16-,17+,22-/m1/s1. The predicted octanol–water partition coefficient (Wildman–Crippen LogP) is 1.58. The molecule has 1 saturated carbocycles. The molecule has 4 amide bonds. The molecule has 0 aromatic heterocycles. The lowest BCUT2D eigenvalue weighted by molar-refractivity contribution is -0.146. The summed E-state index contributed by atoms with van der Waals surface area (Å²) in [5, 5.41) is 6.39. The van der Waals surface area contributed by atoms with E-state index in [2.05, 4.69) is 10.6 Å². The minimum absolute atomic E-state index is 0.136. The Balaban J connectivity index is 1.65. The van der Waals surface area contributed by atoms with Gasteiger partial charge in [0.1, 0.15) is 5.54 Å². The summed E-state index contributed by atoms with van der Waals surface area (Å²) in [4.78, 5) is 53.9. The maximum absolute atomic E-state index is 13.8. The summed E-state index contributed by atoms with van der Waals surface area (Å²) in [6.07, 6.45) is 4.41. The van der Waals surface area contributed by atoms with E-state index in [-0.39, 0.29) is 24.3 Å². The van der Waals surface area contributed by atoms with Crippen molar-refractivity contribution in [3.8, 4) is 0 Å². The van der Waals surface area contributed by atoms with Gasteiger partial charge in [0.05, 0.1) is 22.5 Å². The number of carbonyl (C=O) groups is 4. The SMILES string of the molecule is Cc1cc(Cl)c2c(c1)[C@]1(N[C@H](CC(N)=O)[C@H]3C(=O)N(C4CCCCC4)C(=O)[C@H]31)C(=O)N2. The number of halogens is 1. The fourth-order valence-electron chi connectivity index (χ4n) is 6.11. The molecule has 164 valence electrons. The molecule has 0 unspecified atom stereocenters. The number of nitrogens with two attached hydrogens (primary N) is 1. The number of fused-ring (bicyclic) bond motifs is 4. The van der Waals surface area contributed by atoms with E-state index in [4.69, 9.17) is 17.3 Å². The van der Waals surface area contributed by atoms with Gasteiger partial charge in [-0.2, -0.15) is 0 Å². The molecule has 3 fully saturated rings. The molecule has 4 aliphatic rings. The number of nitrogens with zero attached hydrogens (tertiary/aromatic N) is 1. The van der Waals surface area contributed by atoms with Crippen molar-refractivity contribution < 1.29 is 19.2 Å². The van der Waals surface area contributed by atoms with E-state index < -0.39 is 35.2 Å². The Bertz CT molecular complexity index is 1020. The van der Waals surface area contributed by atoms with Crippen LogP contribution >= 0.6 is 11.6 Å². The molecule has 1 aromatic carbocycles. The van der Waals surface area contributed by atoms with Gasteiger partial charge in [-0.15, -0.1) is 0 Å².